The molecular formula is C67H130O17P2. The maximum absolute atomic E-state index is 13.0. The number of carbonyl (C=O) groups is 4. The molecule has 0 fully saturated rings. The molecule has 3 N–H and O–H groups in total. The van der Waals surface area contributed by atoms with Gasteiger partial charge < -0.3 is 33.8 Å². The van der Waals surface area contributed by atoms with Crippen LogP contribution in [0.5, 0.6) is 0 Å². The monoisotopic (exact) mass is 1270 g/mol. The molecule has 0 saturated carbocycles. The fourth-order valence-electron chi connectivity index (χ4n) is 9.89. The van der Waals surface area contributed by atoms with Crippen molar-refractivity contribution in [2.45, 2.75) is 343 Å². The Morgan fingerprint density at radius 1 is 0.326 bits per heavy atom. The van der Waals surface area contributed by atoms with E-state index in [0.29, 0.717) is 37.5 Å². The van der Waals surface area contributed by atoms with Crippen molar-refractivity contribution in [1.29, 1.82) is 0 Å². The predicted molar refractivity (Wildman–Crippen MR) is 344 cm³/mol. The summed E-state index contributed by atoms with van der Waals surface area (Å²) < 4.78 is 68.1. The van der Waals surface area contributed by atoms with Crippen molar-refractivity contribution in [2.75, 3.05) is 39.6 Å². The number of rotatable bonds is 64. The van der Waals surface area contributed by atoms with E-state index in [2.05, 4.69) is 55.4 Å². The Morgan fingerprint density at radius 3 is 0.826 bits per heavy atom. The quantitative estimate of drug-likeness (QED) is 0.0222. The highest BCUT2D eigenvalue weighted by molar-refractivity contribution is 7.47. The minimum atomic E-state index is -4.95. The summed E-state index contributed by atoms with van der Waals surface area (Å²) in [6, 6.07) is 0. The summed E-state index contributed by atoms with van der Waals surface area (Å²) >= 11 is 0. The average Bonchev–Trinajstić information content (AvgIpc) is 3.55. The fraction of sp³-hybridized carbons (Fsp3) is 0.940. The molecule has 0 aromatic rings. The summed E-state index contributed by atoms with van der Waals surface area (Å²) in [5, 5.41) is 10.6. The molecule has 0 spiro atoms. The first-order valence-corrected chi connectivity index (χ1v) is 37.8. The third-order valence-electron chi connectivity index (χ3n) is 16.0. The number of aliphatic hydroxyl groups is 1. The van der Waals surface area contributed by atoms with Gasteiger partial charge in [-0.3, -0.25) is 37.3 Å². The Labute approximate surface area is 524 Å². The Balaban J connectivity index is 5.24. The van der Waals surface area contributed by atoms with Crippen LogP contribution in [0, 0.1) is 23.7 Å². The summed E-state index contributed by atoms with van der Waals surface area (Å²) in [6.45, 7) is 14.0. The molecule has 0 aliphatic carbocycles. The fourth-order valence-corrected chi connectivity index (χ4v) is 11.5. The van der Waals surface area contributed by atoms with Gasteiger partial charge in [-0.25, -0.2) is 9.13 Å². The number of esters is 4. The van der Waals surface area contributed by atoms with Crippen LogP contribution in [-0.4, -0.2) is 96.7 Å². The average molecular weight is 1270 g/mol. The van der Waals surface area contributed by atoms with Gasteiger partial charge in [0, 0.05) is 25.7 Å². The largest absolute Gasteiger partial charge is 0.472 e. The number of carbonyl (C=O) groups excluding carboxylic acids is 4. The van der Waals surface area contributed by atoms with Crippen LogP contribution in [0.1, 0.15) is 325 Å². The zero-order valence-electron chi connectivity index (χ0n) is 55.9. The highest BCUT2D eigenvalue weighted by Gasteiger charge is 2.30. The van der Waals surface area contributed by atoms with Crippen LogP contribution < -0.4 is 0 Å². The number of unbranched alkanes of at least 4 members (excludes halogenated alkanes) is 28. The zero-order chi connectivity index (χ0) is 63.9. The Hall–Kier alpha value is -1.94. The summed E-state index contributed by atoms with van der Waals surface area (Å²) in [6.07, 6.45) is 37.7. The van der Waals surface area contributed by atoms with E-state index in [4.69, 9.17) is 37.0 Å². The summed E-state index contributed by atoms with van der Waals surface area (Å²) in [5.74, 6) is 0.828. The lowest BCUT2D eigenvalue weighted by Gasteiger charge is -2.21. The molecule has 510 valence electrons. The summed E-state index contributed by atoms with van der Waals surface area (Å²) in [5.41, 5.74) is 0. The highest BCUT2D eigenvalue weighted by Crippen LogP contribution is 2.45. The zero-order valence-corrected chi connectivity index (χ0v) is 57.7. The SMILES string of the molecule is CCC(C)CCCCCCCCCCCCC(=O)O[C@H](COC(=O)CCCCCCCCC(C)C)COP(=O)(O)OCC(O)COP(=O)(O)OC[C@@H](COC(=O)CCCCCCCCC(C)C)OC(=O)CCCCCCCCCCCCC(C)CC. The molecular weight excluding hydrogens is 1140 g/mol. The van der Waals surface area contributed by atoms with E-state index in [9.17, 15) is 43.2 Å². The van der Waals surface area contributed by atoms with Gasteiger partial charge >= 0.3 is 39.5 Å². The number of aliphatic hydroxyl groups excluding tert-OH is 1. The first kappa shape index (κ1) is 84.1. The summed E-state index contributed by atoms with van der Waals surface area (Å²) in [4.78, 5) is 72.3. The molecule has 86 heavy (non-hydrogen) atoms. The van der Waals surface area contributed by atoms with Crippen LogP contribution in [0.3, 0.4) is 0 Å². The second-order valence-corrected chi connectivity index (χ2v) is 28.6. The van der Waals surface area contributed by atoms with Crippen molar-refractivity contribution in [1.82, 2.24) is 0 Å². The highest BCUT2D eigenvalue weighted by atomic mass is 31.2. The molecule has 0 rings (SSSR count). The lowest BCUT2D eigenvalue weighted by molar-refractivity contribution is -0.161. The number of hydrogen-bond acceptors (Lipinski definition) is 15. The third-order valence-corrected chi connectivity index (χ3v) is 17.9. The molecule has 0 radical (unpaired) electrons. The first-order chi connectivity index (χ1) is 41.2. The van der Waals surface area contributed by atoms with Gasteiger partial charge in [0.1, 0.15) is 19.3 Å². The maximum Gasteiger partial charge on any atom is 0.472 e. The van der Waals surface area contributed by atoms with E-state index in [0.717, 1.165) is 115 Å². The van der Waals surface area contributed by atoms with E-state index in [-0.39, 0.29) is 25.7 Å². The second-order valence-electron chi connectivity index (χ2n) is 25.6. The topological polar surface area (TPSA) is 237 Å². The number of hydrogen-bond donors (Lipinski definition) is 3. The van der Waals surface area contributed by atoms with E-state index >= 15 is 0 Å². The molecule has 19 heteroatoms. The van der Waals surface area contributed by atoms with Gasteiger partial charge in [-0.05, 0) is 49.4 Å². The van der Waals surface area contributed by atoms with E-state index in [1.165, 1.54) is 116 Å². The van der Waals surface area contributed by atoms with Gasteiger partial charge in [-0.2, -0.15) is 0 Å². The molecule has 0 aliphatic rings. The van der Waals surface area contributed by atoms with Gasteiger partial charge in [0.2, 0.25) is 0 Å². The second kappa shape index (κ2) is 57.0. The van der Waals surface area contributed by atoms with E-state index in [1.54, 1.807) is 0 Å². The number of phosphoric acid groups is 2. The number of phosphoric ester groups is 2. The minimum absolute atomic E-state index is 0.104. The molecule has 0 saturated heterocycles. The molecule has 0 aliphatic heterocycles. The van der Waals surface area contributed by atoms with Crippen LogP contribution in [-0.2, 0) is 65.4 Å². The molecule has 0 bridgehead atoms. The molecule has 6 atom stereocenters. The van der Waals surface area contributed by atoms with Crippen LogP contribution in [0.15, 0.2) is 0 Å². The molecule has 0 amide bonds. The molecule has 17 nitrogen and oxygen atoms in total. The Kier molecular flexibility index (Phi) is 55.7. The van der Waals surface area contributed by atoms with E-state index in [1.807, 2.05) is 0 Å². The lowest BCUT2D eigenvalue weighted by atomic mass is 9.99. The maximum atomic E-state index is 13.0. The number of ether oxygens (including phenoxy) is 4. The van der Waals surface area contributed by atoms with Crippen molar-refractivity contribution < 1.29 is 80.2 Å². The van der Waals surface area contributed by atoms with Gasteiger partial charge in [0.15, 0.2) is 12.2 Å². The lowest BCUT2D eigenvalue weighted by Crippen LogP contribution is -2.30. The van der Waals surface area contributed by atoms with Gasteiger partial charge in [-0.15, -0.1) is 0 Å². The molecule has 0 aromatic heterocycles. The van der Waals surface area contributed by atoms with Crippen molar-refractivity contribution >= 4 is 39.5 Å². The third kappa shape index (κ3) is 58.4. The smallest absolute Gasteiger partial charge is 0.462 e. The van der Waals surface area contributed by atoms with Crippen molar-refractivity contribution in [2.24, 2.45) is 23.7 Å². The molecule has 0 aromatic carbocycles. The minimum Gasteiger partial charge on any atom is -0.462 e. The Bertz CT molecular complexity index is 1600. The van der Waals surface area contributed by atoms with Crippen LogP contribution in [0.2, 0.25) is 0 Å². The van der Waals surface area contributed by atoms with Crippen LogP contribution >= 0.6 is 15.6 Å². The van der Waals surface area contributed by atoms with Crippen LogP contribution in [0.25, 0.3) is 0 Å². The summed E-state index contributed by atoms with van der Waals surface area (Å²) in [7, 11) is -9.90. The van der Waals surface area contributed by atoms with E-state index < -0.39 is 97.5 Å². The van der Waals surface area contributed by atoms with Gasteiger partial charge in [0.05, 0.1) is 26.4 Å². The normalized spacial score (nSPS) is 15.0. The molecule has 0 heterocycles. The standard InChI is InChI=1S/C67H130O17P2/c1-9-59(7)45-37-29-19-15-11-13-17-21-33-41-49-66(71)83-62(53-77-64(69)47-39-31-25-23-27-35-43-57(3)4)55-81-85(73,74)79-51-61(68)52-80-86(75,76)82-56-63(54-78-65(70)48-40-32-26-24-28-36-44-58(5)6)84-67(72)50-42-34-22-18-14-12-16-20-30-38-46-60(8)10-2/h57-63,68H,9-56H2,1-8H3,(H,73,74)(H,75,76)/t59?,60?,61?,62-,63-/m1/s1. The van der Waals surface area contributed by atoms with Crippen molar-refractivity contribution in [3.05, 3.63) is 0 Å². The first-order valence-electron chi connectivity index (χ1n) is 34.8. The van der Waals surface area contributed by atoms with Gasteiger partial charge in [0.25, 0.3) is 0 Å². The van der Waals surface area contributed by atoms with Crippen molar-refractivity contribution in [3.63, 3.8) is 0 Å². The van der Waals surface area contributed by atoms with Crippen LogP contribution in [0.4, 0.5) is 0 Å². The predicted octanol–water partition coefficient (Wildman–Crippen LogP) is 18.5. The molecule has 4 unspecified atom stereocenters. The Morgan fingerprint density at radius 2 is 0.558 bits per heavy atom. The van der Waals surface area contributed by atoms with Gasteiger partial charge in [-0.1, -0.05) is 274 Å². The van der Waals surface area contributed by atoms with Crippen molar-refractivity contribution in [3.8, 4) is 0 Å².